The van der Waals surface area contributed by atoms with E-state index in [0.717, 1.165) is 36.9 Å². The fraction of sp³-hybridized carbons (Fsp3) is 0.375. The van der Waals surface area contributed by atoms with E-state index in [2.05, 4.69) is 10.6 Å². The van der Waals surface area contributed by atoms with Crippen molar-refractivity contribution in [3.8, 4) is 0 Å². The molecule has 3 aliphatic rings. The van der Waals surface area contributed by atoms with Gasteiger partial charge in [0.05, 0.1) is 24.2 Å². The third-order valence-corrected chi connectivity index (χ3v) is 6.60. The van der Waals surface area contributed by atoms with Crippen molar-refractivity contribution in [1.29, 1.82) is 0 Å². The molecule has 7 nitrogen and oxygen atoms in total. The van der Waals surface area contributed by atoms with E-state index >= 15 is 0 Å². The Bertz CT molecular complexity index is 1090. The number of aromatic nitrogens is 1. The van der Waals surface area contributed by atoms with Gasteiger partial charge in [-0.15, -0.1) is 0 Å². The van der Waals surface area contributed by atoms with Crippen LogP contribution in [0.25, 0.3) is 0 Å². The van der Waals surface area contributed by atoms with Crippen LogP contribution < -0.4 is 16.2 Å². The zero-order valence-corrected chi connectivity index (χ0v) is 17.3. The van der Waals surface area contributed by atoms with Gasteiger partial charge < -0.3 is 20.1 Å². The first kappa shape index (κ1) is 19.6. The zero-order valence-electron chi connectivity index (χ0n) is 17.3. The largest absolute Gasteiger partial charge is 0.382 e. The second kappa shape index (κ2) is 8.06. The first-order valence-electron chi connectivity index (χ1n) is 10.9. The number of hydrogen-bond acceptors (Lipinski definition) is 4. The molecular formula is C24H26N4O3. The lowest BCUT2D eigenvalue weighted by atomic mass is 9.87. The lowest BCUT2D eigenvalue weighted by Crippen LogP contribution is -2.54. The molecule has 1 fully saturated rings. The van der Waals surface area contributed by atoms with E-state index in [9.17, 15) is 14.4 Å². The quantitative estimate of drug-likeness (QED) is 0.795. The number of rotatable bonds is 3. The number of nitrogens with zero attached hydrogens (tertiary/aromatic N) is 2. The summed E-state index contributed by atoms with van der Waals surface area (Å²) < 4.78 is 1.44. The molecule has 3 heterocycles. The lowest BCUT2D eigenvalue weighted by Gasteiger charge is -2.42. The van der Waals surface area contributed by atoms with E-state index < -0.39 is 6.04 Å². The van der Waals surface area contributed by atoms with Crippen molar-refractivity contribution < 1.29 is 9.59 Å². The summed E-state index contributed by atoms with van der Waals surface area (Å²) in [5.74, 6) is -0.279. The van der Waals surface area contributed by atoms with Crippen molar-refractivity contribution in [2.75, 3.05) is 6.54 Å². The van der Waals surface area contributed by atoms with Crippen LogP contribution in [0.3, 0.4) is 0 Å². The zero-order chi connectivity index (χ0) is 21.4. The maximum Gasteiger partial charge on any atom is 0.251 e. The summed E-state index contributed by atoms with van der Waals surface area (Å²) in [6.07, 6.45) is 5.59. The van der Waals surface area contributed by atoms with Crippen LogP contribution in [0, 0.1) is 0 Å². The van der Waals surface area contributed by atoms with E-state index in [1.165, 1.54) is 10.6 Å². The number of benzene rings is 1. The minimum absolute atomic E-state index is 0.0377. The van der Waals surface area contributed by atoms with Gasteiger partial charge in [-0.2, -0.15) is 0 Å². The van der Waals surface area contributed by atoms with Crippen molar-refractivity contribution in [2.45, 2.75) is 50.4 Å². The van der Waals surface area contributed by atoms with Crippen molar-refractivity contribution in [2.24, 2.45) is 0 Å². The van der Waals surface area contributed by atoms with Gasteiger partial charge in [0, 0.05) is 24.0 Å². The number of hydrogen-bond donors (Lipinski definition) is 2. The second-order valence-corrected chi connectivity index (χ2v) is 8.46. The molecule has 160 valence electrons. The Morgan fingerprint density at radius 1 is 1.00 bits per heavy atom. The van der Waals surface area contributed by atoms with Crippen LogP contribution >= 0.6 is 0 Å². The van der Waals surface area contributed by atoms with Crippen LogP contribution in [0.4, 0.5) is 0 Å². The van der Waals surface area contributed by atoms with Gasteiger partial charge in [0.15, 0.2) is 0 Å². The van der Waals surface area contributed by atoms with Gasteiger partial charge in [0.2, 0.25) is 5.91 Å². The fourth-order valence-electron chi connectivity index (χ4n) is 5.19. The molecule has 3 unspecified atom stereocenters. The third kappa shape index (κ3) is 3.54. The molecular weight excluding hydrogens is 392 g/mol. The molecule has 1 aromatic heterocycles. The van der Waals surface area contributed by atoms with Gasteiger partial charge in [0.25, 0.3) is 11.5 Å². The van der Waals surface area contributed by atoms with Crippen LogP contribution in [0.1, 0.15) is 37.3 Å². The van der Waals surface area contributed by atoms with Crippen molar-refractivity contribution in [3.63, 3.8) is 0 Å². The first-order chi connectivity index (χ1) is 15.1. The maximum absolute atomic E-state index is 13.8. The molecule has 31 heavy (non-hydrogen) atoms. The molecule has 2 aliphatic heterocycles. The minimum atomic E-state index is -0.480. The molecule has 7 heteroatoms. The van der Waals surface area contributed by atoms with E-state index in [4.69, 9.17) is 0 Å². The second-order valence-electron chi connectivity index (χ2n) is 8.46. The van der Waals surface area contributed by atoms with Crippen LogP contribution in [0.15, 0.2) is 70.8 Å². The normalized spacial score (nSPS) is 25.2. The van der Waals surface area contributed by atoms with Crippen LogP contribution in [-0.2, 0) is 16.1 Å². The van der Waals surface area contributed by atoms with Crippen molar-refractivity contribution >= 4 is 11.8 Å². The summed E-state index contributed by atoms with van der Waals surface area (Å²) in [5, 5.41) is 6.54. The number of amides is 2. The van der Waals surface area contributed by atoms with Gasteiger partial charge in [-0.05, 0) is 24.5 Å². The molecule has 2 amide bonds. The van der Waals surface area contributed by atoms with Gasteiger partial charge >= 0.3 is 0 Å². The molecule has 2 aromatic rings. The number of pyridine rings is 1. The number of fused-ring (bicyclic) bond motifs is 1. The number of carbonyl (C=O) groups is 2. The Morgan fingerprint density at radius 3 is 2.58 bits per heavy atom. The Morgan fingerprint density at radius 2 is 1.77 bits per heavy atom. The summed E-state index contributed by atoms with van der Waals surface area (Å²) in [6, 6.07) is 14.2. The minimum Gasteiger partial charge on any atom is -0.382 e. The molecule has 1 saturated carbocycles. The standard InChI is InChI=1S/C24H26N4O3/c29-20-12-6-7-13-27(20)15-21(30)28-19-11-5-4-10-17(19)26-18-14-25-24(31)22(18)23(28)16-8-2-1-3-9-16/h1-3,6-9,12-13,17,19,23,26H,4-5,10-11,14-15H2,(H,25,31). The number of carbonyl (C=O) groups excluding carboxylic acids is 2. The van der Waals surface area contributed by atoms with Gasteiger partial charge in [-0.1, -0.05) is 49.2 Å². The molecule has 3 atom stereocenters. The van der Waals surface area contributed by atoms with Crippen molar-refractivity contribution in [3.05, 3.63) is 81.9 Å². The highest BCUT2D eigenvalue weighted by atomic mass is 16.2. The predicted molar refractivity (Wildman–Crippen MR) is 116 cm³/mol. The molecule has 2 N–H and O–H groups in total. The smallest absolute Gasteiger partial charge is 0.251 e. The summed E-state index contributed by atoms with van der Waals surface area (Å²) in [4.78, 5) is 40.9. The molecule has 5 rings (SSSR count). The highest BCUT2D eigenvalue weighted by Gasteiger charge is 2.46. The van der Waals surface area contributed by atoms with Crippen LogP contribution in [-0.4, -0.2) is 39.9 Å². The highest BCUT2D eigenvalue weighted by Crippen LogP contribution is 2.40. The predicted octanol–water partition coefficient (Wildman–Crippen LogP) is 1.72. The third-order valence-electron chi connectivity index (χ3n) is 6.60. The van der Waals surface area contributed by atoms with Crippen molar-refractivity contribution in [1.82, 2.24) is 20.1 Å². The van der Waals surface area contributed by atoms with E-state index in [1.54, 1.807) is 18.3 Å². The topological polar surface area (TPSA) is 83.4 Å². The molecule has 0 bridgehead atoms. The van der Waals surface area contributed by atoms with E-state index in [0.29, 0.717) is 12.1 Å². The van der Waals surface area contributed by atoms with Gasteiger partial charge in [-0.25, -0.2) is 0 Å². The Hall–Kier alpha value is -3.35. The average Bonchev–Trinajstić information content (AvgIpc) is 3.06. The van der Waals surface area contributed by atoms with E-state index in [1.807, 2.05) is 35.2 Å². The molecule has 0 saturated heterocycles. The first-order valence-corrected chi connectivity index (χ1v) is 10.9. The summed E-state index contributed by atoms with van der Waals surface area (Å²) in [5.41, 5.74) is 2.21. The molecule has 0 radical (unpaired) electrons. The lowest BCUT2D eigenvalue weighted by molar-refractivity contribution is -0.138. The summed E-state index contributed by atoms with van der Waals surface area (Å²) in [6.45, 7) is 0.414. The molecule has 0 spiro atoms. The Balaban J connectivity index is 1.63. The van der Waals surface area contributed by atoms with Gasteiger partial charge in [0.1, 0.15) is 6.54 Å². The Kier molecular flexibility index (Phi) is 5.10. The Labute approximate surface area is 180 Å². The monoisotopic (exact) mass is 418 g/mol. The van der Waals surface area contributed by atoms with Crippen LogP contribution in [0.2, 0.25) is 0 Å². The van der Waals surface area contributed by atoms with Gasteiger partial charge in [-0.3, -0.25) is 14.4 Å². The summed E-state index contributed by atoms with van der Waals surface area (Å²) in [7, 11) is 0. The van der Waals surface area contributed by atoms with Crippen LogP contribution in [0.5, 0.6) is 0 Å². The maximum atomic E-state index is 13.8. The van der Waals surface area contributed by atoms with E-state index in [-0.39, 0.29) is 36.0 Å². The molecule has 1 aliphatic carbocycles. The summed E-state index contributed by atoms with van der Waals surface area (Å²) >= 11 is 0. The average molecular weight is 418 g/mol. The highest BCUT2D eigenvalue weighted by molar-refractivity contribution is 5.99. The number of nitrogens with one attached hydrogen (secondary N) is 2. The SMILES string of the molecule is O=C1NCC2=C1C(c1ccccc1)N(C(=O)Cn1ccccc1=O)C1CCCCC1N2. The fourth-order valence-corrected chi connectivity index (χ4v) is 5.19. The molecule has 1 aromatic carbocycles.